The minimum atomic E-state index is -0.537. The van der Waals surface area contributed by atoms with Crippen molar-refractivity contribution in [1.29, 1.82) is 0 Å². The van der Waals surface area contributed by atoms with Crippen molar-refractivity contribution < 1.29 is 9.84 Å². The highest BCUT2D eigenvalue weighted by Gasteiger charge is 2.15. The van der Waals surface area contributed by atoms with Gasteiger partial charge in [0.1, 0.15) is 4.99 Å². The van der Waals surface area contributed by atoms with E-state index in [1.165, 1.54) is 0 Å². The maximum atomic E-state index is 10.2. The van der Waals surface area contributed by atoms with E-state index in [0.29, 0.717) is 18.1 Å². The fourth-order valence-corrected chi connectivity index (χ4v) is 1.93. The number of ether oxygens (including phenoxy) is 1. The second-order valence-corrected chi connectivity index (χ2v) is 5.19. The molecular weight excluding hydrogens is 260 g/mol. The van der Waals surface area contributed by atoms with Gasteiger partial charge in [0.2, 0.25) is 0 Å². The number of likely N-dealkylation sites (N-methyl/N-ethyl adjacent to an activating group) is 1. The number of nitrogens with zero attached hydrogens (tertiary/aromatic N) is 1. The van der Waals surface area contributed by atoms with Gasteiger partial charge in [-0.05, 0) is 19.5 Å². The zero-order valence-corrected chi connectivity index (χ0v) is 12.5. The van der Waals surface area contributed by atoms with Crippen LogP contribution in [0.5, 0.6) is 0 Å². The number of hydrogen-bond acceptors (Lipinski definition) is 4. The topological polar surface area (TPSA) is 58.7 Å². The predicted octanol–water partition coefficient (Wildman–Crippen LogP) is 1.32. The van der Waals surface area contributed by atoms with Gasteiger partial charge in [-0.2, -0.15) is 0 Å². The molecule has 4 nitrogen and oxygen atoms in total. The summed E-state index contributed by atoms with van der Waals surface area (Å²) in [6.07, 6.45) is -0.537. The molecule has 0 spiro atoms. The van der Waals surface area contributed by atoms with Crippen molar-refractivity contribution in [1.82, 2.24) is 4.90 Å². The van der Waals surface area contributed by atoms with Crippen LogP contribution in [0.15, 0.2) is 24.3 Å². The smallest absolute Gasteiger partial charge is 0.103 e. The molecule has 0 radical (unpaired) electrons. The summed E-state index contributed by atoms with van der Waals surface area (Å²) in [5.41, 5.74) is 7.21. The van der Waals surface area contributed by atoms with E-state index < -0.39 is 6.10 Å². The van der Waals surface area contributed by atoms with E-state index in [0.717, 1.165) is 11.1 Å². The molecule has 0 heterocycles. The van der Waals surface area contributed by atoms with Crippen LogP contribution >= 0.6 is 12.2 Å². The third kappa shape index (κ3) is 4.87. The van der Waals surface area contributed by atoms with Gasteiger partial charge >= 0.3 is 0 Å². The summed E-state index contributed by atoms with van der Waals surface area (Å²) < 4.78 is 5.10. The average Bonchev–Trinajstić information content (AvgIpc) is 2.38. The SMILES string of the molecule is COCC(C)N(C)CC(O)c1ccc(C(N)=S)cc1. The van der Waals surface area contributed by atoms with E-state index in [2.05, 4.69) is 11.8 Å². The first kappa shape index (κ1) is 16.0. The van der Waals surface area contributed by atoms with Gasteiger partial charge in [-0.25, -0.2) is 0 Å². The number of nitrogens with two attached hydrogens (primary N) is 1. The van der Waals surface area contributed by atoms with E-state index in [-0.39, 0.29) is 6.04 Å². The summed E-state index contributed by atoms with van der Waals surface area (Å²) in [6, 6.07) is 7.64. The molecule has 0 aromatic heterocycles. The number of thiocarbonyl (C=S) groups is 1. The lowest BCUT2D eigenvalue weighted by molar-refractivity contribution is 0.0709. The van der Waals surface area contributed by atoms with Crippen LogP contribution in [0.4, 0.5) is 0 Å². The number of benzene rings is 1. The molecule has 0 fully saturated rings. The Bertz CT molecular complexity index is 408. The van der Waals surface area contributed by atoms with Gasteiger partial charge in [-0.15, -0.1) is 0 Å². The molecule has 1 aromatic carbocycles. The molecular formula is C14H22N2O2S. The summed E-state index contributed by atoms with van der Waals surface area (Å²) in [4.78, 5) is 2.43. The fraction of sp³-hybridized carbons (Fsp3) is 0.500. The third-order valence-electron chi connectivity index (χ3n) is 3.20. The van der Waals surface area contributed by atoms with Crippen LogP contribution in [0.1, 0.15) is 24.2 Å². The summed E-state index contributed by atoms with van der Waals surface area (Å²) in [7, 11) is 3.64. The van der Waals surface area contributed by atoms with Gasteiger partial charge in [0.15, 0.2) is 0 Å². The second-order valence-electron chi connectivity index (χ2n) is 4.75. The number of aliphatic hydroxyl groups excluding tert-OH is 1. The quantitative estimate of drug-likeness (QED) is 0.739. The van der Waals surface area contributed by atoms with E-state index in [1.54, 1.807) is 7.11 Å². The Kier molecular flexibility index (Phi) is 6.37. The molecule has 0 aliphatic carbocycles. The van der Waals surface area contributed by atoms with Crippen molar-refractivity contribution >= 4 is 17.2 Å². The molecule has 0 saturated carbocycles. The Morgan fingerprint density at radius 1 is 1.42 bits per heavy atom. The van der Waals surface area contributed by atoms with Crippen LogP contribution in [-0.2, 0) is 4.74 Å². The zero-order valence-electron chi connectivity index (χ0n) is 11.7. The number of hydrogen-bond donors (Lipinski definition) is 2. The van der Waals surface area contributed by atoms with Crippen LogP contribution in [0.2, 0.25) is 0 Å². The third-order valence-corrected chi connectivity index (χ3v) is 3.44. The fourth-order valence-electron chi connectivity index (χ4n) is 1.80. The van der Waals surface area contributed by atoms with Gasteiger partial charge in [-0.3, -0.25) is 4.90 Å². The highest BCUT2D eigenvalue weighted by atomic mass is 32.1. The van der Waals surface area contributed by atoms with Crippen molar-refractivity contribution in [2.75, 3.05) is 27.3 Å². The molecule has 106 valence electrons. The maximum Gasteiger partial charge on any atom is 0.103 e. The standard InChI is InChI=1S/C14H22N2O2S/c1-10(9-18-3)16(2)8-13(17)11-4-6-12(7-5-11)14(15)19/h4-7,10,13,17H,8-9H2,1-3H3,(H2,15,19). The van der Waals surface area contributed by atoms with Gasteiger partial charge < -0.3 is 15.6 Å². The lowest BCUT2D eigenvalue weighted by Gasteiger charge is -2.26. The second kappa shape index (κ2) is 7.55. The number of aliphatic hydroxyl groups is 1. The average molecular weight is 282 g/mol. The lowest BCUT2D eigenvalue weighted by atomic mass is 10.1. The van der Waals surface area contributed by atoms with Crippen molar-refractivity contribution in [3.8, 4) is 0 Å². The zero-order chi connectivity index (χ0) is 14.4. The Balaban J connectivity index is 2.62. The molecule has 5 heteroatoms. The minimum Gasteiger partial charge on any atom is -0.389 e. The normalized spacial score (nSPS) is 14.4. The molecule has 19 heavy (non-hydrogen) atoms. The van der Waals surface area contributed by atoms with E-state index in [4.69, 9.17) is 22.7 Å². The number of rotatable bonds is 7. The Hall–Kier alpha value is -1.01. The molecule has 0 aliphatic rings. The van der Waals surface area contributed by atoms with Gasteiger partial charge in [-0.1, -0.05) is 36.5 Å². The molecule has 0 aliphatic heterocycles. The molecule has 0 saturated heterocycles. The highest BCUT2D eigenvalue weighted by Crippen LogP contribution is 2.16. The van der Waals surface area contributed by atoms with Crippen LogP contribution in [0.25, 0.3) is 0 Å². The number of methoxy groups -OCH3 is 1. The van der Waals surface area contributed by atoms with Crippen molar-refractivity contribution in [3.63, 3.8) is 0 Å². The van der Waals surface area contributed by atoms with E-state index in [9.17, 15) is 5.11 Å². The van der Waals surface area contributed by atoms with Crippen LogP contribution in [0.3, 0.4) is 0 Å². The lowest BCUT2D eigenvalue weighted by Crippen LogP contribution is -2.35. The van der Waals surface area contributed by atoms with Crippen molar-refractivity contribution in [2.45, 2.75) is 19.1 Å². The molecule has 1 aromatic rings. The van der Waals surface area contributed by atoms with Gasteiger partial charge in [0, 0.05) is 25.3 Å². The monoisotopic (exact) mass is 282 g/mol. The predicted molar refractivity (Wildman–Crippen MR) is 81.3 cm³/mol. The molecule has 2 unspecified atom stereocenters. The Morgan fingerprint density at radius 3 is 2.47 bits per heavy atom. The molecule has 3 N–H and O–H groups in total. The van der Waals surface area contributed by atoms with E-state index in [1.807, 2.05) is 31.3 Å². The Labute approximate surface area is 120 Å². The first-order valence-electron chi connectivity index (χ1n) is 6.22. The van der Waals surface area contributed by atoms with Gasteiger partial charge in [0.25, 0.3) is 0 Å². The molecule has 1 rings (SSSR count). The Morgan fingerprint density at radius 2 is 2.00 bits per heavy atom. The van der Waals surface area contributed by atoms with Crippen LogP contribution in [0, 0.1) is 0 Å². The summed E-state index contributed by atoms with van der Waals surface area (Å²) in [6.45, 7) is 3.26. The molecule has 0 bridgehead atoms. The minimum absolute atomic E-state index is 0.260. The van der Waals surface area contributed by atoms with Crippen LogP contribution < -0.4 is 5.73 Å². The summed E-state index contributed by atoms with van der Waals surface area (Å²) >= 11 is 4.90. The van der Waals surface area contributed by atoms with E-state index >= 15 is 0 Å². The summed E-state index contributed by atoms with van der Waals surface area (Å²) in [5.74, 6) is 0. The first-order chi connectivity index (χ1) is 8.95. The maximum absolute atomic E-state index is 10.2. The van der Waals surface area contributed by atoms with Crippen LogP contribution in [-0.4, -0.2) is 48.3 Å². The first-order valence-corrected chi connectivity index (χ1v) is 6.63. The largest absolute Gasteiger partial charge is 0.389 e. The molecule has 2 atom stereocenters. The van der Waals surface area contributed by atoms with Crippen molar-refractivity contribution in [3.05, 3.63) is 35.4 Å². The summed E-state index contributed by atoms with van der Waals surface area (Å²) in [5, 5.41) is 10.2. The highest BCUT2D eigenvalue weighted by molar-refractivity contribution is 7.80. The van der Waals surface area contributed by atoms with Gasteiger partial charge in [0.05, 0.1) is 12.7 Å². The van der Waals surface area contributed by atoms with Crippen molar-refractivity contribution in [2.24, 2.45) is 5.73 Å². The molecule has 0 amide bonds.